The zero-order valence-electron chi connectivity index (χ0n) is 70.8. The average Bonchev–Trinajstić information content (AvgIpc) is 1.59. The minimum absolute atomic E-state index is 0.00311. The number of amides is 8. The average molecular weight is 1620 g/mol. The van der Waals surface area contributed by atoms with Crippen LogP contribution < -0.4 is 0 Å². The number of fused-ring (bicyclic) bond motifs is 2. The number of thioether (sulfide) groups is 1. The van der Waals surface area contributed by atoms with Gasteiger partial charge in [0.15, 0.2) is 40.9 Å². The summed E-state index contributed by atoms with van der Waals surface area (Å²) in [6, 6.07) is -2.13. The van der Waals surface area contributed by atoms with Crippen molar-refractivity contribution in [3.8, 4) is 0 Å². The monoisotopic (exact) mass is 1610 g/mol. The van der Waals surface area contributed by atoms with E-state index in [-0.39, 0.29) is 101 Å². The number of halogens is 2. The molecule has 14 atom stereocenters. The van der Waals surface area contributed by atoms with E-state index in [9.17, 15) is 76.3 Å². The number of Topliss-reactive ketones (excluding diaryl/α,β-unsaturated/α-hetero) is 6. The van der Waals surface area contributed by atoms with E-state index >= 15 is 0 Å². The number of carbonyl (C=O) groups excluding carboxylic acids is 14. The van der Waals surface area contributed by atoms with Crippen LogP contribution in [0.5, 0.6) is 0 Å². The first-order chi connectivity index (χ1) is 50.5. The first-order valence-electron chi connectivity index (χ1n) is 38.5. The van der Waals surface area contributed by atoms with Crippen molar-refractivity contribution in [1.82, 2.24) is 34.3 Å². The molecule has 2 saturated carbocycles. The van der Waals surface area contributed by atoms with E-state index in [0.717, 1.165) is 36.3 Å². The Morgan fingerprint density at radius 1 is 0.477 bits per heavy atom. The Bertz CT molecular complexity index is 3290. The Labute approximate surface area is 665 Å². The van der Waals surface area contributed by atoms with E-state index in [1.165, 1.54) is 60.6 Å². The molecule has 0 bridgehead atoms. The van der Waals surface area contributed by atoms with Gasteiger partial charge in [0.25, 0.3) is 5.91 Å². The summed E-state index contributed by atoms with van der Waals surface area (Å²) in [5.74, 6) is 0.268. The fourth-order valence-electron chi connectivity index (χ4n) is 14.2. The van der Waals surface area contributed by atoms with Gasteiger partial charge in [0, 0.05) is 57.9 Å². The van der Waals surface area contributed by atoms with Crippen LogP contribution in [0.2, 0.25) is 0 Å². The summed E-state index contributed by atoms with van der Waals surface area (Å²) in [5, 5.41) is 8.61. The van der Waals surface area contributed by atoms with Crippen LogP contribution in [0.1, 0.15) is 251 Å². The molecule has 2 aliphatic carbocycles. The number of ether oxygens (including phenoxy) is 6. The number of aliphatic carboxylic acids is 1. The molecule has 7 heterocycles. The Morgan fingerprint density at radius 3 is 1.31 bits per heavy atom. The number of ketones is 6. The number of imide groups is 1. The van der Waals surface area contributed by atoms with Crippen LogP contribution in [0.3, 0.4) is 0 Å². The maximum absolute atomic E-state index is 13.0. The minimum Gasteiger partial charge on any atom is -0.480 e. The summed E-state index contributed by atoms with van der Waals surface area (Å²) >= 11 is 7.45. The molecule has 14 unspecified atom stereocenters. The van der Waals surface area contributed by atoms with E-state index in [2.05, 4.69) is 0 Å². The van der Waals surface area contributed by atoms with E-state index < -0.39 is 93.5 Å². The SMILES string of the molecule is CC(=O)C1C(C)CCN1C(=O)OC(C)(C)C.CC(=O)C1C2CC2CN1C(=O)OC(C)(C)C.CC(=O)C1C2CCCC2CN1C(=O)OC(C)(C)C.CC(=O)C1CC(Cl)CN1C(=O)OC(C)(C)C.CC(=O)C1SCCN1C(=O)OC(C)(C)C.CC(C)(C)OC(=O)N1CCCC1(C)C(=O)O.CCC(=O)N1C(=O)C(F)CC1C(C)=O. The maximum atomic E-state index is 13.0. The fourth-order valence-corrected chi connectivity index (χ4v) is 15.7. The molecule has 111 heavy (non-hydrogen) atoms. The predicted molar refractivity (Wildman–Crippen MR) is 414 cm³/mol. The molecular formula is C79H129ClFN7O22S. The molecule has 0 radical (unpaired) electrons. The van der Waals surface area contributed by atoms with Gasteiger partial charge in [0.2, 0.25) is 5.91 Å². The highest BCUT2D eigenvalue weighted by atomic mass is 35.5. The summed E-state index contributed by atoms with van der Waals surface area (Å²) in [6.07, 6.45) is 2.74. The van der Waals surface area contributed by atoms with Gasteiger partial charge in [-0.3, -0.25) is 72.7 Å². The number of rotatable bonds is 8. The quantitative estimate of drug-likeness (QED) is 0.174. The molecule has 0 aromatic carbocycles. The minimum atomic E-state index is -1.71. The molecule has 632 valence electrons. The Kier molecular flexibility index (Phi) is 35.1. The van der Waals surface area contributed by atoms with Gasteiger partial charge in [-0.05, 0) is 248 Å². The highest BCUT2D eigenvalue weighted by molar-refractivity contribution is 8.00. The lowest BCUT2D eigenvalue weighted by Crippen LogP contribution is -2.52. The second kappa shape index (κ2) is 39.7. The largest absolute Gasteiger partial charge is 0.480 e. The van der Waals surface area contributed by atoms with Gasteiger partial charge in [-0.1, -0.05) is 20.3 Å². The first-order valence-corrected chi connectivity index (χ1v) is 40.0. The second-order valence-electron chi connectivity index (χ2n) is 36.1. The number of carboxylic acid groups (broad SMARTS) is 1. The third-order valence-corrected chi connectivity index (χ3v) is 20.7. The van der Waals surface area contributed by atoms with E-state index in [4.69, 9.17) is 45.1 Å². The number of alkyl halides is 2. The van der Waals surface area contributed by atoms with Crippen LogP contribution in [0.15, 0.2) is 0 Å². The Balaban J connectivity index is 0.000000336. The fraction of sp³-hybridized carbons (Fsp3) is 0.810. The van der Waals surface area contributed by atoms with Gasteiger partial charge in [-0.2, -0.15) is 0 Å². The summed E-state index contributed by atoms with van der Waals surface area (Å²) in [6.45, 7) is 50.1. The van der Waals surface area contributed by atoms with Crippen molar-refractivity contribution in [2.45, 2.75) is 337 Å². The standard InChI is InChI=1S/C14H23NO3.C12H19NO3.C12H21NO3.C11H18ClNO3.C11H19NO4.C10H17NO3S.C9H12FNO3/c1-9(16)12-11-7-5-6-10(11)8-15(12)13(17)18-14(2,3)4;1-7(14)10-9-5-8(9)6-13(10)11(15)16-12(2,3)4;1-8-6-7-13(10(8)9(2)14)11(15)16-12(3,4)5;1-7(14)9-5-8(12)6-13(9)10(15)16-11(2,3)4;1-10(2,3)16-9(15)12-7-5-6-11(12,4)8(13)14;1-7(12)8-11(5-6-15-8)9(13)14-10(2,3)4;1-3-8(13)11-7(5(2)12)4-6(10)9(11)14/h10-12H,5-8H2,1-4H3;8-10H,5-6H2,1-4H3;8,10H,6-7H2,1-5H3;8-9H,5-6H2,1-4H3;5-7H2,1-4H3,(H,13,14);8H,5-6H2,1-4H3;6-7H,3-4H2,1-2H3. The van der Waals surface area contributed by atoms with E-state index in [1.807, 2.05) is 90.0 Å². The summed E-state index contributed by atoms with van der Waals surface area (Å²) in [4.78, 5) is 183. The molecule has 9 aliphatic rings. The van der Waals surface area contributed by atoms with Crippen molar-refractivity contribution < 1.29 is 110 Å². The summed E-state index contributed by atoms with van der Waals surface area (Å²) in [7, 11) is 0. The molecule has 0 spiro atoms. The molecule has 1 N–H and O–H groups in total. The van der Waals surface area contributed by atoms with Gasteiger partial charge in [0.1, 0.15) is 50.6 Å². The molecule has 29 nitrogen and oxygen atoms in total. The van der Waals surface area contributed by atoms with Gasteiger partial charge in [-0.15, -0.1) is 23.4 Å². The number of carbonyl (C=O) groups is 15. The van der Waals surface area contributed by atoms with Gasteiger partial charge < -0.3 is 33.5 Å². The lowest BCUT2D eigenvalue weighted by Gasteiger charge is -2.32. The van der Waals surface area contributed by atoms with Crippen LogP contribution in [-0.2, 0) is 71.6 Å². The van der Waals surface area contributed by atoms with Crippen LogP contribution in [-0.4, -0.2) is 260 Å². The molecular weight excluding hydrogens is 1490 g/mol. The first kappa shape index (κ1) is 98.0. The van der Waals surface area contributed by atoms with E-state index in [1.54, 1.807) is 83.9 Å². The third-order valence-electron chi connectivity index (χ3n) is 19.1. The molecule has 0 aromatic rings. The highest BCUT2D eigenvalue weighted by Crippen LogP contribution is 2.50. The molecule has 9 rings (SSSR count). The Morgan fingerprint density at radius 2 is 0.892 bits per heavy atom. The van der Waals surface area contributed by atoms with Crippen molar-refractivity contribution in [2.24, 2.45) is 29.6 Å². The normalized spacial score (nSPS) is 27.1. The Hall–Kier alpha value is -7.18. The second-order valence-corrected chi connectivity index (χ2v) is 37.9. The van der Waals surface area contributed by atoms with Gasteiger partial charge in [0.05, 0.1) is 29.5 Å². The van der Waals surface area contributed by atoms with Crippen molar-refractivity contribution in [2.75, 3.05) is 45.0 Å². The maximum Gasteiger partial charge on any atom is 0.411 e. The predicted octanol–water partition coefficient (Wildman–Crippen LogP) is 13.1. The highest BCUT2D eigenvalue weighted by Gasteiger charge is 2.57. The van der Waals surface area contributed by atoms with Crippen molar-refractivity contribution in [1.29, 1.82) is 0 Å². The number of hydrogen-bond donors (Lipinski definition) is 1. The topological polar surface area (TPSA) is 354 Å². The molecule has 8 amide bonds. The van der Waals surface area contributed by atoms with Gasteiger partial charge in [-0.25, -0.2) is 38.0 Å². The smallest absolute Gasteiger partial charge is 0.411 e. The summed E-state index contributed by atoms with van der Waals surface area (Å²) < 4.78 is 44.6. The van der Waals surface area contributed by atoms with Crippen molar-refractivity contribution in [3.05, 3.63) is 0 Å². The van der Waals surface area contributed by atoms with E-state index in [0.29, 0.717) is 82.2 Å². The molecule has 7 aliphatic heterocycles. The number of likely N-dealkylation sites (tertiary alicyclic amines) is 6. The molecule has 7 saturated heterocycles. The zero-order valence-corrected chi connectivity index (χ0v) is 72.4. The lowest BCUT2D eigenvalue weighted by atomic mass is 9.92. The lowest BCUT2D eigenvalue weighted by molar-refractivity contribution is -0.148. The number of nitrogens with zero attached hydrogens (tertiary/aromatic N) is 7. The number of carboxylic acids is 1. The van der Waals surface area contributed by atoms with Crippen LogP contribution in [0.4, 0.5) is 33.2 Å². The number of hydrogen-bond acceptors (Lipinski definition) is 22. The van der Waals surface area contributed by atoms with Crippen molar-refractivity contribution in [3.63, 3.8) is 0 Å². The third kappa shape index (κ3) is 29.9. The molecule has 32 heteroatoms. The van der Waals surface area contributed by atoms with Crippen LogP contribution in [0.25, 0.3) is 0 Å². The van der Waals surface area contributed by atoms with Crippen LogP contribution in [0, 0.1) is 29.6 Å². The molecule has 0 aromatic heterocycles. The zero-order chi connectivity index (χ0) is 85.7. The number of piperidine rings is 1. The van der Waals surface area contributed by atoms with Crippen molar-refractivity contribution >= 4 is 112 Å². The van der Waals surface area contributed by atoms with Crippen LogP contribution >= 0.6 is 23.4 Å². The van der Waals surface area contributed by atoms with Gasteiger partial charge >= 0.3 is 42.5 Å². The summed E-state index contributed by atoms with van der Waals surface area (Å²) in [5.41, 5.74) is -4.29. The molecule has 9 fully saturated rings.